The molecule has 0 aromatic heterocycles. The standard InChI is InChI=1S/C26H29O4P/c1-4-5-12-21(2)26(22-17-19-23(28-3)20-18-22)31(27,29-24-13-8-6-9-14-24)30-25-15-10-7-11-16-25/h6-11,13-20,26H,2,4-5,12H2,1,3H3. The van der Waals surface area contributed by atoms with Crippen molar-refractivity contribution in [1.29, 1.82) is 0 Å². The molecule has 0 amide bonds. The minimum absolute atomic E-state index is 0.489. The van der Waals surface area contributed by atoms with Gasteiger partial charge in [-0.25, -0.2) is 4.57 Å². The summed E-state index contributed by atoms with van der Waals surface area (Å²) in [5, 5.41) is 0. The molecule has 3 aromatic rings. The Balaban J connectivity index is 2.07. The molecule has 4 nitrogen and oxygen atoms in total. The van der Waals surface area contributed by atoms with Gasteiger partial charge in [0.1, 0.15) is 22.9 Å². The Morgan fingerprint density at radius 3 is 1.81 bits per heavy atom. The van der Waals surface area contributed by atoms with Crippen molar-refractivity contribution in [2.45, 2.75) is 31.8 Å². The first-order valence-electron chi connectivity index (χ1n) is 10.5. The lowest BCUT2D eigenvalue weighted by Gasteiger charge is -2.29. The van der Waals surface area contributed by atoms with Crippen molar-refractivity contribution >= 4 is 7.60 Å². The summed E-state index contributed by atoms with van der Waals surface area (Å²) in [7, 11) is -2.14. The highest BCUT2D eigenvalue weighted by atomic mass is 31.2. The van der Waals surface area contributed by atoms with Gasteiger partial charge in [0.2, 0.25) is 0 Å². The highest BCUT2D eigenvalue weighted by molar-refractivity contribution is 7.55. The van der Waals surface area contributed by atoms with Crippen LogP contribution in [0.3, 0.4) is 0 Å². The van der Waals surface area contributed by atoms with Crippen molar-refractivity contribution in [1.82, 2.24) is 0 Å². The largest absolute Gasteiger partial charge is 0.497 e. The number of allylic oxidation sites excluding steroid dienone is 1. The average Bonchev–Trinajstić information content (AvgIpc) is 2.79. The Kier molecular flexibility index (Phi) is 7.97. The van der Waals surface area contributed by atoms with Crippen molar-refractivity contribution in [3.63, 3.8) is 0 Å². The zero-order chi connectivity index (χ0) is 22.1. The van der Waals surface area contributed by atoms with Gasteiger partial charge in [0.05, 0.1) is 7.11 Å². The van der Waals surface area contributed by atoms with E-state index < -0.39 is 13.3 Å². The highest BCUT2D eigenvalue weighted by Gasteiger charge is 2.42. The second kappa shape index (κ2) is 10.9. The van der Waals surface area contributed by atoms with Crippen LogP contribution in [0.25, 0.3) is 0 Å². The lowest BCUT2D eigenvalue weighted by molar-refractivity contribution is 0.376. The molecule has 3 aromatic carbocycles. The van der Waals surface area contributed by atoms with E-state index in [0.29, 0.717) is 11.5 Å². The zero-order valence-electron chi connectivity index (χ0n) is 18.1. The fourth-order valence-electron chi connectivity index (χ4n) is 3.35. The molecule has 0 radical (unpaired) electrons. The molecule has 5 heteroatoms. The van der Waals surface area contributed by atoms with E-state index in [0.717, 1.165) is 36.1 Å². The number of hydrogen-bond donors (Lipinski definition) is 0. The van der Waals surface area contributed by atoms with E-state index >= 15 is 0 Å². The van der Waals surface area contributed by atoms with Gasteiger partial charge in [-0.2, -0.15) is 0 Å². The molecule has 0 aliphatic rings. The third-order valence-corrected chi connectivity index (χ3v) is 7.16. The fraction of sp³-hybridized carbons (Fsp3) is 0.231. The van der Waals surface area contributed by atoms with Crippen LogP contribution in [-0.4, -0.2) is 7.11 Å². The van der Waals surface area contributed by atoms with E-state index in [1.807, 2.05) is 60.7 Å². The summed E-state index contributed by atoms with van der Waals surface area (Å²) >= 11 is 0. The Morgan fingerprint density at radius 1 is 0.839 bits per heavy atom. The molecule has 0 saturated carbocycles. The maximum absolute atomic E-state index is 14.5. The normalized spacial score (nSPS) is 12.1. The van der Waals surface area contributed by atoms with Gasteiger partial charge in [-0.15, -0.1) is 0 Å². The van der Waals surface area contributed by atoms with E-state index in [4.69, 9.17) is 13.8 Å². The van der Waals surface area contributed by atoms with Crippen molar-refractivity contribution in [2.75, 3.05) is 7.11 Å². The molecule has 1 atom stereocenters. The molecule has 1 unspecified atom stereocenters. The fourth-order valence-corrected chi connectivity index (χ4v) is 5.54. The molecule has 0 fully saturated rings. The summed E-state index contributed by atoms with van der Waals surface area (Å²) in [6.45, 7) is 6.42. The van der Waals surface area contributed by atoms with Crippen molar-refractivity contribution in [3.05, 3.63) is 103 Å². The second-order valence-electron chi connectivity index (χ2n) is 7.29. The smallest absolute Gasteiger partial charge is 0.442 e. The van der Waals surface area contributed by atoms with E-state index in [2.05, 4.69) is 13.5 Å². The molecular weight excluding hydrogens is 407 g/mol. The highest BCUT2D eigenvalue weighted by Crippen LogP contribution is 2.63. The van der Waals surface area contributed by atoms with Crippen molar-refractivity contribution in [3.8, 4) is 17.2 Å². The van der Waals surface area contributed by atoms with Gasteiger partial charge >= 0.3 is 7.60 Å². The SMILES string of the molecule is C=C(CCCC)C(c1ccc(OC)cc1)P(=O)(Oc1ccccc1)Oc1ccccc1. The number of ether oxygens (including phenoxy) is 1. The van der Waals surface area contributed by atoms with Gasteiger partial charge < -0.3 is 13.8 Å². The Hall–Kier alpha value is -2.97. The first-order valence-corrected chi connectivity index (χ1v) is 12.1. The molecular formula is C26H29O4P. The molecule has 162 valence electrons. The van der Waals surface area contributed by atoms with E-state index in [1.54, 1.807) is 31.4 Å². The van der Waals surface area contributed by atoms with E-state index in [1.165, 1.54) is 0 Å². The van der Waals surface area contributed by atoms with Gasteiger partial charge in [0.25, 0.3) is 0 Å². The minimum atomic E-state index is -3.76. The lowest BCUT2D eigenvalue weighted by Crippen LogP contribution is -2.13. The summed E-state index contributed by atoms with van der Waals surface area (Å²) in [6, 6.07) is 25.8. The molecule has 0 heterocycles. The van der Waals surface area contributed by atoms with Crippen LogP contribution in [0.1, 0.15) is 37.4 Å². The molecule has 0 aliphatic carbocycles. The second-order valence-corrected chi connectivity index (χ2v) is 9.25. The van der Waals surface area contributed by atoms with Gasteiger partial charge in [-0.05, 0) is 54.8 Å². The van der Waals surface area contributed by atoms with Crippen LogP contribution in [-0.2, 0) is 4.57 Å². The quantitative estimate of drug-likeness (QED) is 0.227. The van der Waals surface area contributed by atoms with E-state index in [9.17, 15) is 4.57 Å². The summed E-state index contributed by atoms with van der Waals surface area (Å²) in [4.78, 5) is 0. The molecule has 0 aliphatic heterocycles. The van der Waals surface area contributed by atoms with Crippen LogP contribution in [0.15, 0.2) is 97.1 Å². The monoisotopic (exact) mass is 436 g/mol. The number of hydrogen-bond acceptors (Lipinski definition) is 4. The Labute approximate surface area is 185 Å². The molecule has 0 bridgehead atoms. The molecule has 0 spiro atoms. The summed E-state index contributed by atoms with van der Waals surface area (Å²) in [5.74, 6) is 1.71. The van der Waals surface area contributed by atoms with Crippen LogP contribution in [0.2, 0.25) is 0 Å². The van der Waals surface area contributed by atoms with Crippen LogP contribution in [0, 0.1) is 0 Å². The first-order chi connectivity index (χ1) is 15.1. The summed E-state index contributed by atoms with van der Waals surface area (Å²) in [5.41, 5.74) is 1.02. The number of benzene rings is 3. The molecule has 3 rings (SSSR count). The summed E-state index contributed by atoms with van der Waals surface area (Å²) in [6.07, 6.45) is 2.69. The van der Waals surface area contributed by atoms with Crippen LogP contribution in [0.5, 0.6) is 17.2 Å². The molecule has 0 saturated heterocycles. The van der Waals surface area contributed by atoms with Crippen LogP contribution in [0.4, 0.5) is 0 Å². The topological polar surface area (TPSA) is 44.8 Å². The average molecular weight is 436 g/mol. The zero-order valence-corrected chi connectivity index (χ0v) is 19.0. The van der Waals surface area contributed by atoms with Gasteiger partial charge in [0.15, 0.2) is 0 Å². The number of para-hydroxylation sites is 2. The summed E-state index contributed by atoms with van der Waals surface area (Å²) < 4.78 is 32.0. The maximum atomic E-state index is 14.5. The van der Waals surface area contributed by atoms with Crippen LogP contribution < -0.4 is 13.8 Å². The minimum Gasteiger partial charge on any atom is -0.497 e. The predicted octanol–water partition coefficient (Wildman–Crippen LogP) is 7.83. The van der Waals surface area contributed by atoms with Gasteiger partial charge in [0, 0.05) is 0 Å². The molecule has 31 heavy (non-hydrogen) atoms. The third kappa shape index (κ3) is 6.02. The number of unbranched alkanes of at least 4 members (excludes halogenated alkanes) is 1. The lowest BCUT2D eigenvalue weighted by atomic mass is 10.0. The van der Waals surface area contributed by atoms with Crippen molar-refractivity contribution < 1.29 is 18.3 Å². The Bertz CT molecular complexity index is 955. The van der Waals surface area contributed by atoms with Crippen molar-refractivity contribution in [2.24, 2.45) is 0 Å². The maximum Gasteiger partial charge on any atom is 0.442 e. The predicted molar refractivity (Wildman–Crippen MR) is 126 cm³/mol. The number of rotatable bonds is 11. The van der Waals surface area contributed by atoms with Crippen LogP contribution >= 0.6 is 7.60 Å². The first kappa shape index (κ1) is 22.7. The third-order valence-electron chi connectivity index (χ3n) is 4.94. The Morgan fingerprint density at radius 2 is 1.35 bits per heavy atom. The van der Waals surface area contributed by atoms with Gasteiger partial charge in [-0.1, -0.05) is 74.0 Å². The number of methoxy groups -OCH3 is 1. The van der Waals surface area contributed by atoms with E-state index in [-0.39, 0.29) is 0 Å². The van der Waals surface area contributed by atoms with Gasteiger partial charge in [-0.3, -0.25) is 0 Å². The molecule has 0 N–H and O–H groups in total.